The number of benzene rings is 1. The van der Waals surface area contributed by atoms with Gasteiger partial charge in [-0.05, 0) is 17.7 Å². The molecule has 1 rings (SSSR count). The molecule has 0 heterocycles. The van der Waals surface area contributed by atoms with E-state index in [-0.39, 0.29) is 12.2 Å². The maximum Gasteiger partial charge on any atom is 0.159 e. The highest BCUT2D eigenvalue weighted by atomic mass is 19.2. The first kappa shape index (κ1) is 11.8. The normalized spacial score (nSPS) is 11.5. The summed E-state index contributed by atoms with van der Waals surface area (Å²) in [6.07, 6.45) is 0.454. The standard InChI is InChI=1S/C11H12F2O2/c1-11(2,6-15)8-4-10(13)9(12)3-7(8)5-14/h3-5,15H,6H2,1-2H3. The Kier molecular flexibility index (Phi) is 3.19. The molecule has 1 aromatic carbocycles. The van der Waals surface area contributed by atoms with Crippen molar-refractivity contribution in [3.63, 3.8) is 0 Å². The molecule has 0 fully saturated rings. The number of carbonyl (C=O) groups excluding carboxylic acids is 1. The van der Waals surface area contributed by atoms with Crippen molar-refractivity contribution in [2.24, 2.45) is 0 Å². The Balaban J connectivity index is 3.40. The van der Waals surface area contributed by atoms with Crippen LogP contribution in [0.3, 0.4) is 0 Å². The smallest absolute Gasteiger partial charge is 0.159 e. The topological polar surface area (TPSA) is 37.3 Å². The third-order valence-corrected chi connectivity index (χ3v) is 2.34. The summed E-state index contributed by atoms with van der Waals surface area (Å²) in [4.78, 5) is 10.7. The third-order valence-electron chi connectivity index (χ3n) is 2.34. The van der Waals surface area contributed by atoms with Crippen LogP contribution in [0, 0.1) is 11.6 Å². The molecule has 0 amide bonds. The molecule has 0 radical (unpaired) electrons. The molecule has 15 heavy (non-hydrogen) atoms. The highest BCUT2D eigenvalue weighted by molar-refractivity contribution is 5.78. The van der Waals surface area contributed by atoms with Gasteiger partial charge in [0.25, 0.3) is 0 Å². The predicted molar refractivity (Wildman–Crippen MR) is 51.9 cm³/mol. The molecule has 0 saturated carbocycles. The zero-order valence-corrected chi connectivity index (χ0v) is 8.55. The molecule has 0 unspecified atom stereocenters. The summed E-state index contributed by atoms with van der Waals surface area (Å²) < 4.78 is 25.8. The van der Waals surface area contributed by atoms with E-state index in [2.05, 4.69) is 0 Å². The number of halogens is 2. The molecule has 0 spiro atoms. The molecule has 82 valence electrons. The van der Waals surface area contributed by atoms with Gasteiger partial charge in [-0.15, -0.1) is 0 Å². The van der Waals surface area contributed by atoms with Crippen molar-refractivity contribution < 1.29 is 18.7 Å². The molecule has 1 aromatic rings. The van der Waals surface area contributed by atoms with Crippen molar-refractivity contribution in [1.29, 1.82) is 0 Å². The molecule has 0 aliphatic carbocycles. The van der Waals surface area contributed by atoms with E-state index >= 15 is 0 Å². The molecule has 4 heteroatoms. The molecule has 2 nitrogen and oxygen atoms in total. The van der Waals surface area contributed by atoms with Crippen molar-refractivity contribution in [3.8, 4) is 0 Å². The van der Waals surface area contributed by atoms with Gasteiger partial charge < -0.3 is 5.11 Å². The van der Waals surface area contributed by atoms with Crippen molar-refractivity contribution in [2.45, 2.75) is 19.3 Å². The van der Waals surface area contributed by atoms with Crippen LogP contribution < -0.4 is 0 Å². The maximum absolute atomic E-state index is 13.0. The zero-order chi connectivity index (χ0) is 11.6. The van der Waals surface area contributed by atoms with E-state index in [4.69, 9.17) is 5.11 Å². The summed E-state index contributed by atoms with van der Waals surface area (Å²) in [5.74, 6) is -2.08. The fraction of sp³-hybridized carbons (Fsp3) is 0.364. The van der Waals surface area contributed by atoms with Gasteiger partial charge in [-0.25, -0.2) is 8.78 Å². The summed E-state index contributed by atoms with van der Waals surface area (Å²) >= 11 is 0. The van der Waals surface area contributed by atoms with Crippen LogP contribution in [0.5, 0.6) is 0 Å². The lowest BCUT2D eigenvalue weighted by atomic mass is 9.82. The molecular formula is C11H12F2O2. The Bertz CT molecular complexity index is 386. The SMILES string of the molecule is CC(C)(CO)c1cc(F)c(F)cc1C=O. The molecule has 0 aliphatic heterocycles. The van der Waals surface area contributed by atoms with E-state index in [0.29, 0.717) is 11.8 Å². The lowest BCUT2D eigenvalue weighted by Crippen LogP contribution is -2.24. The van der Waals surface area contributed by atoms with Gasteiger partial charge in [0, 0.05) is 11.0 Å². The van der Waals surface area contributed by atoms with Crippen LogP contribution in [0.15, 0.2) is 12.1 Å². The van der Waals surface area contributed by atoms with Crippen LogP contribution in [0.1, 0.15) is 29.8 Å². The largest absolute Gasteiger partial charge is 0.395 e. The Morgan fingerprint density at radius 3 is 2.33 bits per heavy atom. The second-order valence-electron chi connectivity index (χ2n) is 4.01. The second kappa shape index (κ2) is 4.06. The Morgan fingerprint density at radius 1 is 1.33 bits per heavy atom. The molecular weight excluding hydrogens is 202 g/mol. The van der Waals surface area contributed by atoms with E-state index in [1.165, 1.54) is 0 Å². The third kappa shape index (κ3) is 2.21. The zero-order valence-electron chi connectivity index (χ0n) is 8.55. The minimum absolute atomic E-state index is 0.0629. The minimum Gasteiger partial charge on any atom is -0.395 e. The highest BCUT2D eigenvalue weighted by Gasteiger charge is 2.24. The maximum atomic E-state index is 13.0. The van der Waals surface area contributed by atoms with E-state index in [1.54, 1.807) is 13.8 Å². The first-order chi connectivity index (χ1) is 6.92. The fourth-order valence-corrected chi connectivity index (χ4v) is 1.33. The van der Waals surface area contributed by atoms with Gasteiger partial charge in [0.05, 0.1) is 6.61 Å². The fourth-order valence-electron chi connectivity index (χ4n) is 1.33. The van der Waals surface area contributed by atoms with Gasteiger partial charge in [0.2, 0.25) is 0 Å². The average molecular weight is 214 g/mol. The number of aliphatic hydroxyl groups excluding tert-OH is 1. The number of hydrogen-bond acceptors (Lipinski definition) is 2. The number of carbonyl (C=O) groups is 1. The first-order valence-corrected chi connectivity index (χ1v) is 4.48. The number of aliphatic hydroxyl groups is 1. The van der Waals surface area contributed by atoms with Crippen LogP contribution in [0.2, 0.25) is 0 Å². The lowest BCUT2D eigenvalue weighted by molar-refractivity contribution is 0.111. The Morgan fingerprint density at radius 2 is 1.87 bits per heavy atom. The molecule has 0 saturated heterocycles. The van der Waals surface area contributed by atoms with Crippen molar-refractivity contribution >= 4 is 6.29 Å². The van der Waals surface area contributed by atoms with Gasteiger partial charge in [-0.1, -0.05) is 13.8 Å². The van der Waals surface area contributed by atoms with E-state index < -0.39 is 17.0 Å². The van der Waals surface area contributed by atoms with Crippen molar-refractivity contribution in [2.75, 3.05) is 6.61 Å². The van der Waals surface area contributed by atoms with Crippen LogP contribution in [-0.2, 0) is 5.41 Å². The molecule has 0 bridgehead atoms. The van der Waals surface area contributed by atoms with Crippen LogP contribution in [0.4, 0.5) is 8.78 Å². The summed E-state index contributed by atoms with van der Waals surface area (Å²) in [5.41, 5.74) is -0.406. The molecule has 0 aromatic heterocycles. The second-order valence-corrected chi connectivity index (χ2v) is 4.01. The van der Waals surface area contributed by atoms with E-state index in [0.717, 1.165) is 12.1 Å². The first-order valence-electron chi connectivity index (χ1n) is 4.48. The number of hydrogen-bond donors (Lipinski definition) is 1. The van der Waals surface area contributed by atoms with Crippen molar-refractivity contribution in [3.05, 3.63) is 34.9 Å². The van der Waals surface area contributed by atoms with Gasteiger partial charge in [-0.2, -0.15) is 0 Å². The van der Waals surface area contributed by atoms with Crippen LogP contribution in [0.25, 0.3) is 0 Å². The van der Waals surface area contributed by atoms with E-state index in [9.17, 15) is 13.6 Å². The predicted octanol–water partition coefficient (Wildman–Crippen LogP) is 2.05. The lowest BCUT2D eigenvalue weighted by Gasteiger charge is -2.23. The average Bonchev–Trinajstić information content (AvgIpc) is 2.21. The molecule has 0 atom stereocenters. The Labute approximate surface area is 86.5 Å². The van der Waals surface area contributed by atoms with E-state index in [1.807, 2.05) is 0 Å². The number of aldehydes is 1. The van der Waals surface area contributed by atoms with Gasteiger partial charge in [-0.3, -0.25) is 4.79 Å². The van der Waals surface area contributed by atoms with Gasteiger partial charge in [0.15, 0.2) is 11.6 Å². The molecule has 1 N–H and O–H groups in total. The summed E-state index contributed by atoms with van der Waals surface area (Å²) in [5, 5.41) is 9.10. The monoisotopic (exact) mass is 214 g/mol. The van der Waals surface area contributed by atoms with Crippen LogP contribution in [-0.4, -0.2) is 18.0 Å². The molecule has 0 aliphatic rings. The summed E-state index contributed by atoms with van der Waals surface area (Å²) in [6, 6.07) is 1.80. The minimum atomic E-state index is -1.06. The van der Waals surface area contributed by atoms with Crippen molar-refractivity contribution in [1.82, 2.24) is 0 Å². The summed E-state index contributed by atoms with van der Waals surface area (Å²) in [7, 11) is 0. The number of rotatable bonds is 3. The summed E-state index contributed by atoms with van der Waals surface area (Å²) in [6.45, 7) is 3.04. The Hall–Kier alpha value is -1.29. The van der Waals surface area contributed by atoms with Gasteiger partial charge in [0.1, 0.15) is 6.29 Å². The highest BCUT2D eigenvalue weighted by Crippen LogP contribution is 2.27. The van der Waals surface area contributed by atoms with Gasteiger partial charge >= 0.3 is 0 Å². The quantitative estimate of drug-likeness (QED) is 0.782. The van der Waals surface area contributed by atoms with Crippen LogP contribution >= 0.6 is 0 Å².